The highest BCUT2D eigenvalue weighted by Crippen LogP contribution is 2.26. The van der Waals surface area contributed by atoms with Crippen LogP contribution in [0.4, 0.5) is 0 Å². The Morgan fingerprint density at radius 2 is 1.84 bits per heavy atom. The maximum atomic E-state index is 6.23. The summed E-state index contributed by atoms with van der Waals surface area (Å²) in [5.74, 6) is 1.56. The number of benzene rings is 1. The minimum Gasteiger partial charge on any atom is -0.327 e. The Labute approximate surface area is 115 Å². The Kier molecular flexibility index (Phi) is 3.68. The average Bonchev–Trinajstić information content (AvgIpc) is 2.65. The molecule has 104 valence electrons. The van der Waals surface area contributed by atoms with Crippen molar-refractivity contribution in [3.8, 4) is 0 Å². The van der Waals surface area contributed by atoms with Crippen molar-refractivity contribution >= 4 is 11.0 Å². The van der Waals surface area contributed by atoms with Crippen LogP contribution in [-0.4, -0.2) is 15.6 Å². The van der Waals surface area contributed by atoms with Gasteiger partial charge in [-0.25, -0.2) is 4.98 Å². The lowest BCUT2D eigenvalue weighted by molar-refractivity contribution is 0.380. The molecule has 0 fully saturated rings. The minimum absolute atomic E-state index is 0.0160. The van der Waals surface area contributed by atoms with Crippen LogP contribution in [0, 0.1) is 5.92 Å². The zero-order chi connectivity index (χ0) is 14.2. The summed E-state index contributed by atoms with van der Waals surface area (Å²) in [4.78, 5) is 4.78. The molecule has 1 atom stereocenters. The van der Waals surface area contributed by atoms with E-state index in [4.69, 9.17) is 10.7 Å². The lowest BCUT2D eigenvalue weighted by atomic mass is 10.0. The zero-order valence-electron chi connectivity index (χ0n) is 12.6. The van der Waals surface area contributed by atoms with Crippen LogP contribution in [0.15, 0.2) is 24.3 Å². The van der Waals surface area contributed by atoms with E-state index < -0.39 is 0 Å². The summed E-state index contributed by atoms with van der Waals surface area (Å²) in [6.07, 6.45) is 0.823. The first kappa shape index (κ1) is 14.1. The monoisotopic (exact) mass is 259 g/mol. The topological polar surface area (TPSA) is 43.8 Å². The number of para-hydroxylation sites is 2. The van der Waals surface area contributed by atoms with Crippen molar-refractivity contribution in [2.75, 3.05) is 0 Å². The van der Waals surface area contributed by atoms with Gasteiger partial charge in [0.1, 0.15) is 5.82 Å². The fraction of sp³-hybridized carbons (Fsp3) is 0.562. The summed E-state index contributed by atoms with van der Waals surface area (Å²) < 4.78 is 2.32. The van der Waals surface area contributed by atoms with Gasteiger partial charge in [0.05, 0.1) is 11.0 Å². The van der Waals surface area contributed by atoms with Crippen molar-refractivity contribution in [3.63, 3.8) is 0 Å². The van der Waals surface area contributed by atoms with Gasteiger partial charge >= 0.3 is 0 Å². The molecule has 0 aliphatic heterocycles. The molecule has 1 heterocycles. The molecule has 19 heavy (non-hydrogen) atoms. The quantitative estimate of drug-likeness (QED) is 0.919. The molecule has 0 saturated carbocycles. The second-order valence-corrected chi connectivity index (χ2v) is 6.63. The maximum Gasteiger partial charge on any atom is 0.111 e. The van der Waals surface area contributed by atoms with Gasteiger partial charge in [-0.1, -0.05) is 26.0 Å². The van der Waals surface area contributed by atoms with Gasteiger partial charge in [-0.2, -0.15) is 0 Å². The van der Waals surface area contributed by atoms with Gasteiger partial charge in [0.2, 0.25) is 0 Å². The number of hydrogen-bond acceptors (Lipinski definition) is 2. The second kappa shape index (κ2) is 4.97. The van der Waals surface area contributed by atoms with Gasteiger partial charge in [0.25, 0.3) is 0 Å². The van der Waals surface area contributed by atoms with Crippen molar-refractivity contribution in [3.05, 3.63) is 30.1 Å². The highest BCUT2D eigenvalue weighted by Gasteiger charge is 2.23. The van der Waals surface area contributed by atoms with Gasteiger partial charge in [-0.15, -0.1) is 0 Å². The SMILES string of the molecule is CC(C)C(N)Cc1nc2ccccc2n1C(C)(C)C. The van der Waals surface area contributed by atoms with Gasteiger partial charge in [0, 0.05) is 18.0 Å². The number of aromatic nitrogens is 2. The number of fused-ring (bicyclic) bond motifs is 1. The molecular formula is C16H25N3. The lowest BCUT2D eigenvalue weighted by Crippen LogP contribution is -2.32. The first-order valence-corrected chi connectivity index (χ1v) is 7.03. The van der Waals surface area contributed by atoms with Crippen LogP contribution >= 0.6 is 0 Å². The van der Waals surface area contributed by atoms with Crippen LogP contribution in [-0.2, 0) is 12.0 Å². The van der Waals surface area contributed by atoms with E-state index in [2.05, 4.69) is 57.4 Å². The molecule has 0 saturated heterocycles. The van der Waals surface area contributed by atoms with E-state index in [9.17, 15) is 0 Å². The third kappa shape index (κ3) is 2.81. The molecule has 0 radical (unpaired) electrons. The van der Waals surface area contributed by atoms with Gasteiger partial charge < -0.3 is 10.3 Å². The van der Waals surface area contributed by atoms with Crippen molar-refractivity contribution in [1.29, 1.82) is 0 Å². The third-order valence-electron chi connectivity index (χ3n) is 3.58. The fourth-order valence-electron chi connectivity index (χ4n) is 2.41. The first-order chi connectivity index (χ1) is 8.80. The van der Waals surface area contributed by atoms with Gasteiger partial charge in [0.15, 0.2) is 0 Å². The van der Waals surface area contributed by atoms with Crippen molar-refractivity contribution < 1.29 is 0 Å². The standard InChI is InChI=1S/C16H25N3/c1-11(2)12(17)10-15-18-13-8-6-7-9-14(13)19(15)16(3,4)5/h6-9,11-12H,10,17H2,1-5H3. The van der Waals surface area contributed by atoms with E-state index in [1.165, 1.54) is 5.52 Å². The average molecular weight is 259 g/mol. The molecule has 2 aromatic rings. The number of rotatable bonds is 3. The molecule has 3 nitrogen and oxygen atoms in total. The summed E-state index contributed by atoms with van der Waals surface area (Å²) in [6, 6.07) is 8.46. The van der Waals surface area contributed by atoms with Crippen LogP contribution in [0.25, 0.3) is 11.0 Å². The van der Waals surface area contributed by atoms with Crippen LogP contribution in [0.1, 0.15) is 40.4 Å². The Bertz CT molecular complexity index is 561. The molecule has 0 amide bonds. The molecule has 0 aliphatic rings. The van der Waals surface area contributed by atoms with Crippen LogP contribution in [0.3, 0.4) is 0 Å². The van der Waals surface area contributed by atoms with Crippen LogP contribution in [0.2, 0.25) is 0 Å². The van der Waals surface area contributed by atoms with Crippen LogP contribution in [0.5, 0.6) is 0 Å². The van der Waals surface area contributed by atoms with E-state index >= 15 is 0 Å². The van der Waals surface area contributed by atoms with Crippen molar-refractivity contribution in [2.45, 2.75) is 52.6 Å². The Balaban J connectivity index is 2.54. The molecule has 1 unspecified atom stereocenters. The largest absolute Gasteiger partial charge is 0.327 e. The minimum atomic E-state index is 0.0160. The number of nitrogens with two attached hydrogens (primary N) is 1. The smallest absolute Gasteiger partial charge is 0.111 e. The zero-order valence-corrected chi connectivity index (χ0v) is 12.6. The highest BCUT2D eigenvalue weighted by atomic mass is 15.1. The van der Waals surface area contributed by atoms with Gasteiger partial charge in [-0.05, 0) is 38.8 Å². The van der Waals surface area contributed by atoms with E-state index in [0.717, 1.165) is 17.8 Å². The summed E-state index contributed by atoms with van der Waals surface area (Å²) >= 11 is 0. The second-order valence-electron chi connectivity index (χ2n) is 6.63. The van der Waals surface area contributed by atoms with E-state index in [0.29, 0.717) is 5.92 Å². The molecule has 0 spiro atoms. The first-order valence-electron chi connectivity index (χ1n) is 7.03. The maximum absolute atomic E-state index is 6.23. The summed E-state index contributed by atoms with van der Waals surface area (Å²) in [5.41, 5.74) is 8.50. The summed E-state index contributed by atoms with van der Waals surface area (Å²) in [7, 11) is 0. The summed E-state index contributed by atoms with van der Waals surface area (Å²) in [5, 5.41) is 0. The number of hydrogen-bond donors (Lipinski definition) is 1. The Morgan fingerprint density at radius 3 is 2.42 bits per heavy atom. The van der Waals surface area contributed by atoms with Crippen molar-refractivity contribution in [1.82, 2.24) is 9.55 Å². The molecule has 1 aromatic heterocycles. The molecule has 3 heteroatoms. The predicted octanol–water partition coefficient (Wildman–Crippen LogP) is 3.32. The molecule has 2 N–H and O–H groups in total. The van der Waals surface area contributed by atoms with E-state index in [1.54, 1.807) is 0 Å². The lowest BCUT2D eigenvalue weighted by Gasteiger charge is -2.26. The predicted molar refractivity (Wildman–Crippen MR) is 81.2 cm³/mol. The highest BCUT2D eigenvalue weighted by molar-refractivity contribution is 5.76. The van der Waals surface area contributed by atoms with Crippen molar-refractivity contribution in [2.24, 2.45) is 11.7 Å². The molecule has 1 aromatic carbocycles. The van der Waals surface area contributed by atoms with Crippen LogP contribution < -0.4 is 5.73 Å². The molecular weight excluding hydrogens is 234 g/mol. The number of imidazole rings is 1. The fourth-order valence-corrected chi connectivity index (χ4v) is 2.41. The van der Waals surface area contributed by atoms with Gasteiger partial charge in [-0.3, -0.25) is 0 Å². The Hall–Kier alpha value is -1.35. The molecule has 0 bridgehead atoms. The molecule has 0 aliphatic carbocycles. The summed E-state index contributed by atoms with van der Waals surface area (Å²) in [6.45, 7) is 11.0. The third-order valence-corrected chi connectivity index (χ3v) is 3.58. The molecule has 2 rings (SSSR count). The normalized spacial score (nSPS) is 14.3. The van der Waals surface area contributed by atoms with E-state index in [1.807, 2.05) is 6.07 Å². The number of nitrogens with zero attached hydrogens (tertiary/aromatic N) is 2. The Morgan fingerprint density at radius 1 is 1.21 bits per heavy atom. The van der Waals surface area contributed by atoms with E-state index in [-0.39, 0.29) is 11.6 Å².